The number of aliphatic hydroxyl groups is 2. The van der Waals surface area contributed by atoms with Gasteiger partial charge in [-0.25, -0.2) is 14.8 Å². The molecule has 11 heteroatoms. The van der Waals surface area contributed by atoms with Crippen molar-refractivity contribution in [1.82, 2.24) is 19.8 Å². The Morgan fingerprint density at radius 3 is 2.38 bits per heavy atom. The third-order valence-corrected chi connectivity index (χ3v) is 10.2. The van der Waals surface area contributed by atoms with E-state index in [4.69, 9.17) is 4.74 Å². The number of aromatic nitrogens is 2. The summed E-state index contributed by atoms with van der Waals surface area (Å²) in [5.41, 5.74) is 0.231. The lowest BCUT2D eigenvalue weighted by molar-refractivity contribution is -0.111. The van der Waals surface area contributed by atoms with Crippen molar-refractivity contribution in [2.75, 3.05) is 45.2 Å². The van der Waals surface area contributed by atoms with Crippen LogP contribution in [0, 0.1) is 11.8 Å². The van der Waals surface area contributed by atoms with Crippen molar-refractivity contribution in [3.63, 3.8) is 0 Å². The number of hydrogen-bond donors (Lipinski definition) is 2. The van der Waals surface area contributed by atoms with Crippen LogP contribution in [0.25, 0.3) is 0 Å². The Labute approximate surface area is 299 Å². The summed E-state index contributed by atoms with van der Waals surface area (Å²) >= 11 is 0. The molecule has 0 radical (unpaired) electrons. The van der Waals surface area contributed by atoms with Gasteiger partial charge in [-0.15, -0.1) is 0 Å². The molecule has 11 nitrogen and oxygen atoms in total. The summed E-state index contributed by atoms with van der Waals surface area (Å²) in [6.07, 6.45) is 18.0. The number of aliphatic hydroxyl groups excluding tert-OH is 1. The maximum Gasteiger partial charge on any atom is 0.410 e. The van der Waals surface area contributed by atoms with E-state index in [-0.39, 0.29) is 31.1 Å². The van der Waals surface area contributed by atoms with Gasteiger partial charge in [-0.1, -0.05) is 69.4 Å². The number of ether oxygens (including phenoxy) is 1. The van der Waals surface area contributed by atoms with Gasteiger partial charge in [0, 0.05) is 70.8 Å². The number of piperazine rings is 1. The Bertz CT molecular complexity index is 1300. The summed E-state index contributed by atoms with van der Waals surface area (Å²) in [5, 5.41) is 21.7. The number of carbonyl (C=O) groups is 3. The number of anilines is 1. The van der Waals surface area contributed by atoms with E-state index in [0.717, 1.165) is 30.6 Å². The molecule has 1 aromatic heterocycles. The fraction of sp³-hybridized carbons (Fsp3) is 0.667. The summed E-state index contributed by atoms with van der Waals surface area (Å²) in [5.74, 6) is -0.0303. The predicted octanol–water partition coefficient (Wildman–Crippen LogP) is 5.48. The Kier molecular flexibility index (Phi) is 16.8. The Balaban J connectivity index is 1.70. The standard InChI is InChI=1S/C39H61N5O6/c1-29(12-11-13-31(3)35-19-22-40-37(41-35)42(5)6)34(28-46)30(2)16-17-36(39(4,49)21-18-33(47)20-27-45)50-38(48)44-25-23-43(24-26-44)32-14-9-7-8-10-15-32/h11-13,16-17,19,22,27-28,30-34,36,47,49H,7-10,14-15,18,20-21,23-26H2,1-6H3/b13-11+,17-16+,29-12+/t30-,31?,33-,34+,36-,39-/m0/s1. The highest BCUT2D eigenvalue weighted by Crippen LogP contribution is 2.28. The first-order valence-electron chi connectivity index (χ1n) is 18.4. The van der Waals surface area contributed by atoms with E-state index in [1.54, 1.807) is 24.1 Å². The number of allylic oxidation sites excluding steroid dienone is 5. The Hall–Kier alpha value is -3.41. The van der Waals surface area contributed by atoms with Gasteiger partial charge in [0.05, 0.1) is 11.8 Å². The van der Waals surface area contributed by atoms with E-state index in [0.29, 0.717) is 31.4 Å². The second kappa shape index (κ2) is 20.4. The van der Waals surface area contributed by atoms with Gasteiger partial charge in [-0.3, -0.25) is 4.90 Å². The molecule has 6 atom stereocenters. The van der Waals surface area contributed by atoms with Gasteiger partial charge in [-0.2, -0.15) is 0 Å². The molecule has 1 aliphatic heterocycles. The highest BCUT2D eigenvalue weighted by molar-refractivity contribution is 5.68. The maximum atomic E-state index is 13.5. The van der Waals surface area contributed by atoms with Crippen LogP contribution in [0.5, 0.6) is 0 Å². The molecule has 1 saturated heterocycles. The minimum Gasteiger partial charge on any atom is -0.439 e. The van der Waals surface area contributed by atoms with Crippen molar-refractivity contribution in [2.45, 2.75) is 115 Å². The van der Waals surface area contributed by atoms with Crippen LogP contribution < -0.4 is 4.90 Å². The highest BCUT2D eigenvalue weighted by Gasteiger charge is 2.36. The van der Waals surface area contributed by atoms with Crippen molar-refractivity contribution in [2.24, 2.45) is 11.8 Å². The maximum absolute atomic E-state index is 13.5. The monoisotopic (exact) mass is 695 g/mol. The van der Waals surface area contributed by atoms with Crippen molar-refractivity contribution >= 4 is 24.6 Å². The molecule has 1 aliphatic carbocycles. The van der Waals surface area contributed by atoms with E-state index in [1.807, 2.05) is 70.1 Å². The molecule has 1 unspecified atom stereocenters. The third-order valence-electron chi connectivity index (χ3n) is 10.2. The van der Waals surface area contributed by atoms with Gasteiger partial charge in [0.1, 0.15) is 18.2 Å². The van der Waals surface area contributed by atoms with Gasteiger partial charge >= 0.3 is 6.09 Å². The minimum atomic E-state index is -1.52. The average molecular weight is 696 g/mol. The van der Waals surface area contributed by atoms with Crippen LogP contribution in [0.1, 0.15) is 97.1 Å². The number of rotatable bonds is 17. The minimum absolute atomic E-state index is 0.0330. The molecule has 1 amide bonds. The van der Waals surface area contributed by atoms with E-state index in [1.165, 1.54) is 38.5 Å². The smallest absolute Gasteiger partial charge is 0.410 e. The van der Waals surface area contributed by atoms with Crippen LogP contribution in [0.2, 0.25) is 0 Å². The van der Waals surface area contributed by atoms with E-state index < -0.39 is 29.8 Å². The first-order valence-corrected chi connectivity index (χ1v) is 18.4. The molecule has 278 valence electrons. The van der Waals surface area contributed by atoms with E-state index in [9.17, 15) is 24.6 Å². The molecule has 2 heterocycles. The molecule has 0 aromatic carbocycles. The fourth-order valence-corrected chi connectivity index (χ4v) is 6.74. The number of hydrogen-bond acceptors (Lipinski definition) is 10. The molecule has 2 fully saturated rings. The van der Waals surface area contributed by atoms with Crippen LogP contribution in [-0.2, 0) is 14.3 Å². The number of carbonyl (C=O) groups excluding carboxylic acids is 3. The largest absolute Gasteiger partial charge is 0.439 e. The summed E-state index contributed by atoms with van der Waals surface area (Å²) in [4.78, 5) is 51.6. The molecule has 50 heavy (non-hydrogen) atoms. The molecule has 2 aliphatic rings. The lowest BCUT2D eigenvalue weighted by Crippen LogP contribution is -2.53. The summed E-state index contributed by atoms with van der Waals surface area (Å²) in [6, 6.07) is 2.46. The molecule has 1 aromatic rings. The van der Waals surface area contributed by atoms with Crippen molar-refractivity contribution < 1.29 is 29.3 Å². The Morgan fingerprint density at radius 2 is 1.76 bits per heavy atom. The second-order valence-electron chi connectivity index (χ2n) is 14.6. The summed E-state index contributed by atoms with van der Waals surface area (Å²) in [6.45, 7) is 10.1. The number of nitrogens with zero attached hydrogens (tertiary/aromatic N) is 5. The van der Waals surface area contributed by atoms with Crippen molar-refractivity contribution in [3.05, 3.63) is 53.9 Å². The molecular formula is C39H61N5O6. The first kappa shape index (κ1) is 41.0. The van der Waals surface area contributed by atoms with Crippen LogP contribution in [0.15, 0.2) is 48.2 Å². The predicted molar refractivity (Wildman–Crippen MR) is 197 cm³/mol. The second-order valence-corrected chi connectivity index (χ2v) is 14.6. The van der Waals surface area contributed by atoms with E-state index >= 15 is 0 Å². The van der Waals surface area contributed by atoms with Gasteiger partial charge < -0.3 is 34.3 Å². The van der Waals surface area contributed by atoms with Crippen LogP contribution >= 0.6 is 0 Å². The molecule has 2 N–H and O–H groups in total. The number of amides is 1. The third kappa shape index (κ3) is 12.7. The lowest BCUT2D eigenvalue weighted by Gasteiger charge is -2.40. The molecular weight excluding hydrogens is 634 g/mol. The van der Waals surface area contributed by atoms with Crippen molar-refractivity contribution in [1.29, 1.82) is 0 Å². The topological polar surface area (TPSA) is 136 Å². The first-order chi connectivity index (χ1) is 23.9. The number of aldehydes is 2. The lowest BCUT2D eigenvalue weighted by atomic mass is 9.86. The Morgan fingerprint density at radius 1 is 1.08 bits per heavy atom. The van der Waals surface area contributed by atoms with E-state index in [2.05, 4.69) is 14.9 Å². The van der Waals surface area contributed by atoms with Crippen LogP contribution in [-0.4, -0.2) is 113 Å². The van der Waals surface area contributed by atoms with Crippen LogP contribution in [0.4, 0.5) is 10.7 Å². The molecule has 0 bridgehead atoms. The molecule has 3 rings (SSSR count). The van der Waals surface area contributed by atoms with Gasteiger partial charge in [-0.05, 0) is 57.6 Å². The zero-order valence-electron chi connectivity index (χ0n) is 31.1. The van der Waals surface area contributed by atoms with Gasteiger partial charge in [0.2, 0.25) is 5.95 Å². The van der Waals surface area contributed by atoms with Crippen LogP contribution in [0.3, 0.4) is 0 Å². The quantitative estimate of drug-likeness (QED) is 0.0933. The summed E-state index contributed by atoms with van der Waals surface area (Å²) < 4.78 is 5.98. The molecule has 1 saturated carbocycles. The van der Waals surface area contributed by atoms with Gasteiger partial charge in [0.25, 0.3) is 0 Å². The highest BCUT2D eigenvalue weighted by atomic mass is 16.6. The SMILES string of the molecule is C/C(=C\C=C\C(C)c1ccnc(N(C)C)n1)[C@@H](C=O)[C@@H](C)/C=C/[C@H](OC(=O)N1CCN(C2CCCCCC2)CC1)[C@@](C)(O)CC[C@H](O)CC=O. The van der Waals surface area contributed by atoms with Crippen molar-refractivity contribution in [3.8, 4) is 0 Å². The zero-order chi connectivity index (χ0) is 36.7. The normalized spacial score (nSPS) is 21.2. The fourth-order valence-electron chi connectivity index (χ4n) is 6.74. The zero-order valence-corrected chi connectivity index (χ0v) is 31.1. The average Bonchev–Trinajstić information content (AvgIpc) is 3.39. The summed E-state index contributed by atoms with van der Waals surface area (Å²) in [7, 11) is 3.80. The molecule has 0 spiro atoms. The van der Waals surface area contributed by atoms with Gasteiger partial charge in [0.15, 0.2) is 6.10 Å².